The van der Waals surface area contributed by atoms with Gasteiger partial charge in [-0.15, -0.1) is 0 Å². The van der Waals surface area contributed by atoms with Gasteiger partial charge in [-0.05, 0) is 42.8 Å². The number of benzene rings is 3. The molecule has 1 aliphatic heterocycles. The highest BCUT2D eigenvalue weighted by atomic mass is 16.5. The first kappa shape index (κ1) is 17.4. The summed E-state index contributed by atoms with van der Waals surface area (Å²) in [6.07, 6.45) is 0.714. The van der Waals surface area contributed by atoms with Crippen molar-refractivity contribution < 1.29 is 14.3 Å². The van der Waals surface area contributed by atoms with E-state index in [1.54, 1.807) is 0 Å². The number of fused-ring (bicyclic) bond motifs is 2. The van der Waals surface area contributed by atoms with E-state index in [1.165, 1.54) is 0 Å². The van der Waals surface area contributed by atoms with E-state index in [1.807, 2.05) is 74.5 Å². The van der Waals surface area contributed by atoms with Gasteiger partial charge in [0.15, 0.2) is 6.61 Å². The van der Waals surface area contributed by atoms with Gasteiger partial charge in [0.1, 0.15) is 17.1 Å². The van der Waals surface area contributed by atoms with Crippen LogP contribution in [0.3, 0.4) is 0 Å². The van der Waals surface area contributed by atoms with Crippen molar-refractivity contribution in [2.45, 2.75) is 31.9 Å². The summed E-state index contributed by atoms with van der Waals surface area (Å²) in [4.78, 5) is 12.5. The fourth-order valence-corrected chi connectivity index (χ4v) is 3.57. The first-order chi connectivity index (χ1) is 13.0. The lowest BCUT2D eigenvalue weighted by Crippen LogP contribution is -2.42. The molecule has 0 aliphatic carbocycles. The molecule has 138 valence electrons. The molecule has 0 saturated carbocycles. The molecule has 1 heterocycles. The number of rotatable bonds is 4. The molecule has 3 aromatic rings. The summed E-state index contributed by atoms with van der Waals surface area (Å²) < 4.78 is 11.7. The molecule has 0 bridgehead atoms. The minimum Gasteiger partial charge on any atom is -0.487 e. The summed E-state index contributed by atoms with van der Waals surface area (Å²) in [5.74, 6) is 1.38. The van der Waals surface area contributed by atoms with Crippen LogP contribution in [0.25, 0.3) is 10.8 Å². The quantitative estimate of drug-likeness (QED) is 0.737. The zero-order chi connectivity index (χ0) is 18.9. The standard InChI is InChI=1S/C23H23NO3/c1-23(2)14-20(19-9-5-6-10-21(19)27-23)24-22(25)15-26-18-12-11-16-7-3-4-8-17(16)13-18/h3-13,20H,14-15H2,1-2H3,(H,24,25)/t20-/m0/s1. The second-order valence-electron chi connectivity index (χ2n) is 7.52. The van der Waals surface area contributed by atoms with Crippen LogP contribution in [0.15, 0.2) is 66.7 Å². The average Bonchev–Trinajstić information content (AvgIpc) is 2.65. The van der Waals surface area contributed by atoms with E-state index < -0.39 is 0 Å². The van der Waals surface area contributed by atoms with Crippen molar-refractivity contribution in [1.29, 1.82) is 0 Å². The van der Waals surface area contributed by atoms with Crippen molar-refractivity contribution in [3.8, 4) is 11.5 Å². The van der Waals surface area contributed by atoms with Crippen LogP contribution in [0.1, 0.15) is 31.9 Å². The highest BCUT2D eigenvalue weighted by Crippen LogP contribution is 2.39. The van der Waals surface area contributed by atoms with E-state index in [2.05, 4.69) is 11.4 Å². The molecule has 4 nitrogen and oxygen atoms in total. The molecule has 1 N–H and O–H groups in total. The van der Waals surface area contributed by atoms with Gasteiger partial charge in [-0.1, -0.05) is 48.5 Å². The zero-order valence-corrected chi connectivity index (χ0v) is 15.6. The molecule has 1 aliphatic rings. The van der Waals surface area contributed by atoms with Crippen molar-refractivity contribution in [2.24, 2.45) is 0 Å². The molecular weight excluding hydrogens is 338 g/mol. The molecule has 0 spiro atoms. The summed E-state index contributed by atoms with van der Waals surface area (Å²) in [6.45, 7) is 4.06. The monoisotopic (exact) mass is 361 g/mol. The molecule has 0 radical (unpaired) electrons. The lowest BCUT2D eigenvalue weighted by Gasteiger charge is -2.37. The molecule has 1 atom stereocenters. The number of carbonyl (C=O) groups is 1. The number of amides is 1. The van der Waals surface area contributed by atoms with Crippen molar-refractivity contribution in [1.82, 2.24) is 5.32 Å². The number of nitrogens with one attached hydrogen (secondary N) is 1. The topological polar surface area (TPSA) is 47.6 Å². The maximum Gasteiger partial charge on any atom is 0.258 e. The van der Waals surface area contributed by atoms with E-state index in [0.29, 0.717) is 12.2 Å². The van der Waals surface area contributed by atoms with Crippen molar-refractivity contribution >= 4 is 16.7 Å². The number of hydrogen-bond acceptors (Lipinski definition) is 3. The van der Waals surface area contributed by atoms with Gasteiger partial charge in [0.05, 0.1) is 6.04 Å². The van der Waals surface area contributed by atoms with Crippen LogP contribution in [0, 0.1) is 0 Å². The third-order valence-corrected chi connectivity index (χ3v) is 4.80. The predicted molar refractivity (Wildman–Crippen MR) is 106 cm³/mol. The van der Waals surface area contributed by atoms with Crippen LogP contribution >= 0.6 is 0 Å². The van der Waals surface area contributed by atoms with Crippen LogP contribution < -0.4 is 14.8 Å². The summed E-state index contributed by atoms with van der Waals surface area (Å²) in [5.41, 5.74) is 0.682. The van der Waals surface area contributed by atoms with Crippen LogP contribution in [0.4, 0.5) is 0 Å². The zero-order valence-electron chi connectivity index (χ0n) is 15.6. The molecule has 0 saturated heterocycles. The van der Waals surface area contributed by atoms with Crippen LogP contribution in [0.2, 0.25) is 0 Å². The van der Waals surface area contributed by atoms with E-state index in [4.69, 9.17) is 9.47 Å². The molecule has 1 amide bonds. The summed E-state index contributed by atoms with van der Waals surface area (Å²) in [5, 5.41) is 5.34. The van der Waals surface area contributed by atoms with Crippen molar-refractivity contribution in [3.05, 3.63) is 72.3 Å². The normalized spacial score (nSPS) is 17.6. The second kappa shape index (κ2) is 6.95. The molecule has 4 heteroatoms. The van der Waals surface area contributed by atoms with Crippen LogP contribution in [-0.4, -0.2) is 18.1 Å². The maximum absolute atomic E-state index is 12.5. The molecule has 3 aromatic carbocycles. The van der Waals surface area contributed by atoms with Gasteiger partial charge < -0.3 is 14.8 Å². The number of ether oxygens (including phenoxy) is 2. The van der Waals surface area contributed by atoms with Gasteiger partial charge in [-0.25, -0.2) is 0 Å². The Balaban J connectivity index is 1.43. The Morgan fingerprint density at radius 3 is 2.67 bits per heavy atom. The van der Waals surface area contributed by atoms with E-state index in [9.17, 15) is 4.79 Å². The largest absolute Gasteiger partial charge is 0.487 e. The Kier molecular flexibility index (Phi) is 4.48. The predicted octanol–water partition coefficient (Wildman–Crippen LogP) is 4.64. The van der Waals surface area contributed by atoms with Crippen molar-refractivity contribution in [3.63, 3.8) is 0 Å². The van der Waals surface area contributed by atoms with Gasteiger partial charge in [-0.2, -0.15) is 0 Å². The Morgan fingerprint density at radius 1 is 1.07 bits per heavy atom. The van der Waals surface area contributed by atoms with Gasteiger partial charge in [0, 0.05) is 12.0 Å². The van der Waals surface area contributed by atoms with Crippen LogP contribution in [-0.2, 0) is 4.79 Å². The minimum atomic E-state index is -0.328. The molecule has 0 unspecified atom stereocenters. The second-order valence-corrected chi connectivity index (χ2v) is 7.52. The Hall–Kier alpha value is -3.01. The Bertz CT molecular complexity index is 980. The fourth-order valence-electron chi connectivity index (χ4n) is 3.57. The summed E-state index contributed by atoms with van der Waals surface area (Å²) in [7, 11) is 0. The first-order valence-electron chi connectivity index (χ1n) is 9.19. The molecular formula is C23H23NO3. The fraction of sp³-hybridized carbons (Fsp3) is 0.261. The smallest absolute Gasteiger partial charge is 0.258 e. The lowest BCUT2D eigenvalue weighted by atomic mass is 9.90. The number of hydrogen-bond donors (Lipinski definition) is 1. The Morgan fingerprint density at radius 2 is 1.81 bits per heavy atom. The minimum absolute atomic E-state index is 0.0156. The molecule has 0 fully saturated rings. The van der Waals surface area contributed by atoms with E-state index >= 15 is 0 Å². The number of carbonyl (C=O) groups excluding carboxylic acids is 1. The van der Waals surface area contributed by atoms with Crippen molar-refractivity contribution in [2.75, 3.05) is 6.61 Å². The Labute approximate surface area is 159 Å². The highest BCUT2D eigenvalue weighted by molar-refractivity contribution is 5.84. The summed E-state index contributed by atoms with van der Waals surface area (Å²) >= 11 is 0. The first-order valence-corrected chi connectivity index (χ1v) is 9.19. The molecule has 0 aromatic heterocycles. The SMILES string of the molecule is CC1(C)C[C@H](NC(=O)COc2ccc3ccccc3c2)c2ccccc2O1. The van der Waals surface area contributed by atoms with Gasteiger partial charge >= 0.3 is 0 Å². The van der Waals surface area contributed by atoms with Crippen LogP contribution in [0.5, 0.6) is 11.5 Å². The third-order valence-electron chi connectivity index (χ3n) is 4.80. The molecule has 27 heavy (non-hydrogen) atoms. The van der Waals surface area contributed by atoms with Gasteiger partial charge in [-0.3, -0.25) is 4.79 Å². The summed E-state index contributed by atoms with van der Waals surface area (Å²) in [6, 6.07) is 21.7. The van der Waals surface area contributed by atoms with Gasteiger partial charge in [0.25, 0.3) is 5.91 Å². The van der Waals surface area contributed by atoms with Gasteiger partial charge in [0.2, 0.25) is 0 Å². The highest BCUT2D eigenvalue weighted by Gasteiger charge is 2.34. The number of para-hydroxylation sites is 1. The van der Waals surface area contributed by atoms with E-state index in [-0.39, 0.29) is 24.2 Å². The molecule has 4 rings (SSSR count). The third kappa shape index (κ3) is 3.90. The average molecular weight is 361 g/mol. The lowest BCUT2D eigenvalue weighted by molar-refractivity contribution is -0.124. The maximum atomic E-state index is 12.5. The van der Waals surface area contributed by atoms with E-state index in [0.717, 1.165) is 22.1 Å².